The molecular formula is C18H22N2O4. The molecule has 3 fully saturated rings. The first-order valence-electron chi connectivity index (χ1n) is 8.58. The van der Waals surface area contributed by atoms with Crippen molar-refractivity contribution >= 4 is 11.8 Å². The van der Waals surface area contributed by atoms with Crippen molar-refractivity contribution in [2.24, 2.45) is 5.92 Å². The summed E-state index contributed by atoms with van der Waals surface area (Å²) in [5, 5.41) is 1.45. The number of likely N-dealkylation sites (tertiary alicyclic amines) is 1. The summed E-state index contributed by atoms with van der Waals surface area (Å²) in [5.41, 5.74) is 0.963. The molecule has 0 radical (unpaired) electrons. The maximum absolute atomic E-state index is 12.9. The summed E-state index contributed by atoms with van der Waals surface area (Å²) in [6.07, 6.45) is 3.15. The Morgan fingerprint density at radius 1 is 1.33 bits per heavy atom. The zero-order valence-corrected chi connectivity index (χ0v) is 13.8. The van der Waals surface area contributed by atoms with Crippen LogP contribution in [-0.4, -0.2) is 48.1 Å². The number of ether oxygens (including phenoxy) is 1. The fourth-order valence-corrected chi connectivity index (χ4v) is 3.78. The molecular weight excluding hydrogens is 308 g/mol. The lowest BCUT2D eigenvalue weighted by Gasteiger charge is -2.30. The number of benzene rings is 1. The number of hydrogen-bond donors (Lipinski definition) is 0. The monoisotopic (exact) mass is 330 g/mol. The minimum atomic E-state index is -0.386. The van der Waals surface area contributed by atoms with Crippen molar-refractivity contribution in [1.82, 2.24) is 9.96 Å². The molecule has 6 nitrogen and oxygen atoms in total. The van der Waals surface area contributed by atoms with E-state index in [4.69, 9.17) is 9.57 Å². The van der Waals surface area contributed by atoms with E-state index in [-0.39, 0.29) is 36.2 Å². The van der Waals surface area contributed by atoms with Gasteiger partial charge in [-0.25, -0.2) is 5.06 Å². The Kier molecular flexibility index (Phi) is 3.92. The van der Waals surface area contributed by atoms with Gasteiger partial charge in [-0.1, -0.05) is 12.1 Å². The number of hydroxylamine groups is 2. The van der Waals surface area contributed by atoms with Crippen molar-refractivity contribution in [2.45, 2.75) is 37.8 Å². The summed E-state index contributed by atoms with van der Waals surface area (Å²) in [5.74, 6) is 0.356. The van der Waals surface area contributed by atoms with Crippen LogP contribution >= 0.6 is 0 Å². The summed E-state index contributed by atoms with van der Waals surface area (Å²) in [7, 11) is 1.62. The fourth-order valence-electron chi connectivity index (χ4n) is 3.78. The quantitative estimate of drug-likeness (QED) is 0.846. The number of carbonyl (C=O) groups is 2. The first-order valence-corrected chi connectivity index (χ1v) is 8.58. The van der Waals surface area contributed by atoms with E-state index in [0.717, 1.165) is 30.6 Å². The maximum atomic E-state index is 12.9. The van der Waals surface area contributed by atoms with Gasteiger partial charge in [0.05, 0.1) is 32.2 Å². The lowest BCUT2D eigenvalue weighted by Crippen LogP contribution is -2.37. The van der Waals surface area contributed by atoms with E-state index in [9.17, 15) is 9.59 Å². The van der Waals surface area contributed by atoms with Crippen LogP contribution in [0.5, 0.6) is 5.75 Å². The Balaban J connectivity index is 1.68. The van der Waals surface area contributed by atoms with Gasteiger partial charge < -0.3 is 9.64 Å². The molecule has 2 atom stereocenters. The summed E-state index contributed by atoms with van der Waals surface area (Å²) < 4.78 is 5.32. The van der Waals surface area contributed by atoms with Gasteiger partial charge in [-0.15, -0.1) is 0 Å². The van der Waals surface area contributed by atoms with Gasteiger partial charge in [0.15, 0.2) is 0 Å². The Bertz CT molecular complexity index is 652. The summed E-state index contributed by atoms with van der Waals surface area (Å²) in [6, 6.07) is 7.75. The molecule has 2 aliphatic heterocycles. The minimum Gasteiger partial charge on any atom is -0.497 e. The van der Waals surface area contributed by atoms with Crippen molar-refractivity contribution in [3.05, 3.63) is 29.8 Å². The minimum absolute atomic E-state index is 0.0721. The van der Waals surface area contributed by atoms with E-state index < -0.39 is 0 Å². The number of amides is 2. The standard InChI is InChI=1S/C18H22N2O4/c1-23-14-5-2-4-12(10-14)17-15(18(22)19-8-3-9-24-19)11-16(21)20(17)13-6-7-13/h2,4-5,10,13,15,17H,3,6-9,11H2,1H3/t15-,17-/m0/s1. The zero-order chi connectivity index (χ0) is 16.7. The molecule has 2 amide bonds. The number of rotatable bonds is 4. The Hall–Kier alpha value is -2.08. The fraction of sp³-hybridized carbons (Fsp3) is 0.556. The van der Waals surface area contributed by atoms with Crippen LogP contribution in [0.2, 0.25) is 0 Å². The highest BCUT2D eigenvalue weighted by Crippen LogP contribution is 2.46. The van der Waals surface area contributed by atoms with E-state index in [1.807, 2.05) is 29.2 Å². The number of nitrogens with zero attached hydrogens (tertiary/aromatic N) is 2. The Labute approximate surface area is 141 Å². The molecule has 1 aromatic carbocycles. The third-order valence-corrected chi connectivity index (χ3v) is 5.05. The van der Waals surface area contributed by atoms with Crippen LogP contribution in [0.4, 0.5) is 0 Å². The second-order valence-corrected chi connectivity index (χ2v) is 6.69. The van der Waals surface area contributed by atoms with Crippen LogP contribution < -0.4 is 4.74 Å². The highest BCUT2D eigenvalue weighted by atomic mass is 16.7. The average Bonchev–Trinajstić information content (AvgIpc) is 3.16. The molecule has 6 heteroatoms. The number of hydrogen-bond acceptors (Lipinski definition) is 4. The van der Waals surface area contributed by atoms with E-state index in [1.54, 1.807) is 7.11 Å². The molecule has 0 bridgehead atoms. The van der Waals surface area contributed by atoms with E-state index in [0.29, 0.717) is 13.2 Å². The van der Waals surface area contributed by atoms with Gasteiger partial charge in [0.25, 0.3) is 5.91 Å². The lowest BCUT2D eigenvalue weighted by atomic mass is 9.92. The van der Waals surface area contributed by atoms with Crippen molar-refractivity contribution in [1.29, 1.82) is 0 Å². The number of methoxy groups -OCH3 is 1. The van der Waals surface area contributed by atoms with Gasteiger partial charge in [0.1, 0.15) is 5.75 Å². The van der Waals surface area contributed by atoms with Crippen LogP contribution in [0.25, 0.3) is 0 Å². The largest absolute Gasteiger partial charge is 0.497 e. The molecule has 24 heavy (non-hydrogen) atoms. The first-order chi connectivity index (χ1) is 11.7. The molecule has 1 aromatic rings. The van der Waals surface area contributed by atoms with Gasteiger partial charge in [-0.3, -0.25) is 14.4 Å². The maximum Gasteiger partial charge on any atom is 0.252 e. The van der Waals surface area contributed by atoms with E-state index in [2.05, 4.69) is 0 Å². The lowest BCUT2D eigenvalue weighted by molar-refractivity contribution is -0.174. The molecule has 2 heterocycles. The van der Waals surface area contributed by atoms with Crippen LogP contribution in [0.3, 0.4) is 0 Å². The highest BCUT2D eigenvalue weighted by molar-refractivity contribution is 5.90. The second-order valence-electron chi connectivity index (χ2n) is 6.69. The van der Waals surface area contributed by atoms with Crippen LogP contribution in [-0.2, 0) is 14.4 Å². The summed E-state index contributed by atoms with van der Waals surface area (Å²) in [4.78, 5) is 32.9. The Morgan fingerprint density at radius 2 is 2.17 bits per heavy atom. The molecule has 1 saturated carbocycles. The van der Waals surface area contributed by atoms with Gasteiger partial charge in [0.2, 0.25) is 5.91 Å². The summed E-state index contributed by atoms with van der Waals surface area (Å²) in [6.45, 7) is 1.18. The average molecular weight is 330 g/mol. The molecule has 4 rings (SSSR count). The molecule has 128 valence electrons. The number of carbonyl (C=O) groups excluding carboxylic acids is 2. The topological polar surface area (TPSA) is 59.1 Å². The van der Waals surface area contributed by atoms with Crippen molar-refractivity contribution in [3.8, 4) is 5.75 Å². The van der Waals surface area contributed by atoms with Crippen LogP contribution in [0, 0.1) is 5.92 Å². The zero-order valence-electron chi connectivity index (χ0n) is 13.8. The van der Waals surface area contributed by atoms with Crippen molar-refractivity contribution in [3.63, 3.8) is 0 Å². The third kappa shape index (κ3) is 2.65. The van der Waals surface area contributed by atoms with Crippen molar-refractivity contribution in [2.75, 3.05) is 20.3 Å². The van der Waals surface area contributed by atoms with E-state index in [1.165, 1.54) is 5.06 Å². The predicted molar refractivity (Wildman–Crippen MR) is 86.0 cm³/mol. The second kappa shape index (κ2) is 6.09. The molecule has 0 unspecified atom stereocenters. The van der Waals surface area contributed by atoms with Gasteiger partial charge in [0, 0.05) is 12.5 Å². The predicted octanol–water partition coefficient (Wildman–Crippen LogP) is 1.91. The first kappa shape index (κ1) is 15.4. The van der Waals surface area contributed by atoms with Crippen molar-refractivity contribution < 1.29 is 19.2 Å². The van der Waals surface area contributed by atoms with Crippen LogP contribution in [0.1, 0.15) is 37.3 Å². The molecule has 2 saturated heterocycles. The molecule has 1 aliphatic carbocycles. The van der Waals surface area contributed by atoms with Gasteiger partial charge >= 0.3 is 0 Å². The highest BCUT2D eigenvalue weighted by Gasteiger charge is 2.51. The normalized spacial score (nSPS) is 27.0. The Morgan fingerprint density at radius 3 is 2.83 bits per heavy atom. The van der Waals surface area contributed by atoms with Gasteiger partial charge in [-0.05, 0) is 37.0 Å². The SMILES string of the molecule is COc1cccc([C@H]2[C@@H](C(=O)N3CCCO3)CC(=O)N2C2CC2)c1. The molecule has 0 N–H and O–H groups in total. The van der Waals surface area contributed by atoms with E-state index >= 15 is 0 Å². The smallest absolute Gasteiger partial charge is 0.252 e. The summed E-state index contributed by atoms with van der Waals surface area (Å²) >= 11 is 0. The van der Waals surface area contributed by atoms with Gasteiger partial charge in [-0.2, -0.15) is 0 Å². The molecule has 3 aliphatic rings. The van der Waals surface area contributed by atoms with Crippen LogP contribution in [0.15, 0.2) is 24.3 Å². The third-order valence-electron chi connectivity index (χ3n) is 5.05. The molecule has 0 spiro atoms. The molecule has 0 aromatic heterocycles.